The molecule has 2 heteroatoms. The molecule has 1 aromatic rings. The lowest BCUT2D eigenvalue weighted by molar-refractivity contribution is 0.228. The summed E-state index contributed by atoms with van der Waals surface area (Å²) in [6, 6.07) is 10.2. The molecule has 0 aliphatic heterocycles. The molecule has 18 heavy (non-hydrogen) atoms. The van der Waals surface area contributed by atoms with Gasteiger partial charge in [0.1, 0.15) is 0 Å². The Morgan fingerprint density at radius 2 is 1.94 bits per heavy atom. The second-order valence-corrected chi connectivity index (χ2v) is 5.47. The van der Waals surface area contributed by atoms with Gasteiger partial charge in [-0.1, -0.05) is 37.5 Å². The lowest BCUT2D eigenvalue weighted by Crippen LogP contribution is -2.27. The van der Waals surface area contributed by atoms with E-state index in [9.17, 15) is 0 Å². The van der Waals surface area contributed by atoms with Gasteiger partial charge in [0.15, 0.2) is 0 Å². The first-order valence-corrected chi connectivity index (χ1v) is 6.96. The van der Waals surface area contributed by atoms with Crippen LogP contribution in [0.25, 0.3) is 0 Å². The zero-order valence-corrected chi connectivity index (χ0v) is 11.2. The topological polar surface area (TPSA) is 27.0 Å². The average Bonchev–Trinajstić information content (AvgIpc) is 2.40. The van der Waals surface area contributed by atoms with E-state index in [2.05, 4.69) is 24.1 Å². The molecular weight excluding hydrogens is 220 g/mol. The molecule has 0 unspecified atom stereocenters. The molecule has 0 N–H and O–H groups in total. The summed E-state index contributed by atoms with van der Waals surface area (Å²) >= 11 is 0. The molecule has 1 fully saturated rings. The van der Waals surface area contributed by atoms with Crippen molar-refractivity contribution in [3.63, 3.8) is 0 Å². The maximum absolute atomic E-state index is 9.08. The average molecular weight is 242 g/mol. The summed E-state index contributed by atoms with van der Waals surface area (Å²) in [6.07, 6.45) is 6.96. The van der Waals surface area contributed by atoms with E-state index in [0.29, 0.717) is 0 Å². The van der Waals surface area contributed by atoms with Crippen LogP contribution in [-0.4, -0.2) is 18.5 Å². The Morgan fingerprint density at radius 3 is 2.67 bits per heavy atom. The smallest absolute Gasteiger partial charge is 0.0995 e. The fourth-order valence-electron chi connectivity index (χ4n) is 2.93. The molecule has 0 saturated heterocycles. The third kappa shape index (κ3) is 3.58. The maximum atomic E-state index is 9.08. The minimum absolute atomic E-state index is 0.813. The number of nitrogens with zero attached hydrogens (tertiary/aromatic N) is 2. The van der Waals surface area contributed by atoms with E-state index in [0.717, 1.165) is 23.6 Å². The van der Waals surface area contributed by atoms with Gasteiger partial charge in [-0.25, -0.2) is 0 Å². The fourth-order valence-corrected chi connectivity index (χ4v) is 2.93. The predicted molar refractivity (Wildman–Crippen MR) is 74.1 cm³/mol. The molecule has 1 saturated carbocycles. The molecule has 0 aromatic heterocycles. The van der Waals surface area contributed by atoms with E-state index in [1.54, 1.807) is 0 Å². The molecule has 0 radical (unpaired) electrons. The van der Waals surface area contributed by atoms with Gasteiger partial charge in [-0.05, 0) is 37.4 Å². The summed E-state index contributed by atoms with van der Waals surface area (Å²) < 4.78 is 0. The Bertz CT molecular complexity index is 413. The fraction of sp³-hybridized carbons (Fsp3) is 0.562. The van der Waals surface area contributed by atoms with Crippen molar-refractivity contribution in [1.29, 1.82) is 5.26 Å². The lowest BCUT2D eigenvalue weighted by atomic mass is 9.89. The van der Waals surface area contributed by atoms with Gasteiger partial charge in [0.2, 0.25) is 0 Å². The summed E-state index contributed by atoms with van der Waals surface area (Å²) in [6.45, 7) is 2.06. The quantitative estimate of drug-likeness (QED) is 0.807. The Labute approximate surface area is 110 Å². The van der Waals surface area contributed by atoms with E-state index < -0.39 is 0 Å². The highest BCUT2D eigenvalue weighted by Gasteiger charge is 2.15. The van der Waals surface area contributed by atoms with Crippen molar-refractivity contribution in [2.24, 2.45) is 5.92 Å². The molecule has 96 valence electrons. The number of nitriles is 1. The van der Waals surface area contributed by atoms with Crippen LogP contribution in [0.1, 0.15) is 43.2 Å². The maximum Gasteiger partial charge on any atom is 0.0995 e. The van der Waals surface area contributed by atoms with Crippen molar-refractivity contribution in [3.05, 3.63) is 35.4 Å². The van der Waals surface area contributed by atoms with Crippen LogP contribution < -0.4 is 0 Å². The molecular formula is C16H22N2. The molecule has 0 spiro atoms. The van der Waals surface area contributed by atoms with E-state index in [-0.39, 0.29) is 0 Å². The molecule has 2 nitrogen and oxygen atoms in total. The highest BCUT2D eigenvalue weighted by atomic mass is 15.1. The summed E-state index contributed by atoms with van der Waals surface area (Å²) in [5, 5.41) is 9.08. The van der Waals surface area contributed by atoms with Crippen LogP contribution in [0.5, 0.6) is 0 Å². The van der Waals surface area contributed by atoms with Gasteiger partial charge in [0, 0.05) is 13.1 Å². The Hall–Kier alpha value is -1.33. The van der Waals surface area contributed by atoms with Crippen molar-refractivity contribution in [1.82, 2.24) is 4.90 Å². The number of benzene rings is 1. The van der Waals surface area contributed by atoms with Crippen molar-refractivity contribution >= 4 is 0 Å². The minimum Gasteiger partial charge on any atom is -0.302 e. The van der Waals surface area contributed by atoms with Gasteiger partial charge < -0.3 is 4.90 Å². The zero-order valence-electron chi connectivity index (χ0n) is 11.2. The SMILES string of the molecule is CN(Cc1ccccc1C#N)CC1CCCCC1. The molecule has 2 rings (SSSR count). The van der Waals surface area contributed by atoms with Gasteiger partial charge in [0.05, 0.1) is 11.6 Å². The monoisotopic (exact) mass is 242 g/mol. The molecule has 0 bridgehead atoms. The third-order valence-corrected chi connectivity index (χ3v) is 3.87. The minimum atomic E-state index is 0.813. The molecule has 0 amide bonds. The van der Waals surface area contributed by atoms with Crippen LogP contribution in [0.4, 0.5) is 0 Å². The summed E-state index contributed by atoms with van der Waals surface area (Å²) in [7, 11) is 2.17. The highest BCUT2D eigenvalue weighted by molar-refractivity contribution is 5.37. The number of hydrogen-bond acceptors (Lipinski definition) is 2. The second-order valence-electron chi connectivity index (χ2n) is 5.47. The Kier molecular flexibility index (Phi) is 4.78. The van der Waals surface area contributed by atoms with E-state index in [1.165, 1.54) is 38.6 Å². The van der Waals surface area contributed by atoms with Crippen molar-refractivity contribution in [3.8, 4) is 6.07 Å². The highest BCUT2D eigenvalue weighted by Crippen LogP contribution is 2.24. The Balaban J connectivity index is 1.90. The van der Waals surface area contributed by atoms with E-state index >= 15 is 0 Å². The Morgan fingerprint density at radius 1 is 1.22 bits per heavy atom. The second kappa shape index (κ2) is 6.56. The first kappa shape index (κ1) is 13.1. The largest absolute Gasteiger partial charge is 0.302 e. The van der Waals surface area contributed by atoms with Crippen LogP contribution in [0.3, 0.4) is 0 Å². The van der Waals surface area contributed by atoms with Gasteiger partial charge in [-0.15, -0.1) is 0 Å². The van der Waals surface area contributed by atoms with Crippen LogP contribution in [0, 0.1) is 17.2 Å². The summed E-state index contributed by atoms with van der Waals surface area (Å²) in [5.74, 6) is 0.859. The van der Waals surface area contributed by atoms with E-state index in [1.807, 2.05) is 18.2 Å². The van der Waals surface area contributed by atoms with Gasteiger partial charge in [0.25, 0.3) is 0 Å². The number of rotatable bonds is 4. The standard InChI is InChI=1S/C16H22N2/c1-18(12-14-7-3-2-4-8-14)13-16-10-6-5-9-15(16)11-17/h5-6,9-10,14H,2-4,7-8,12-13H2,1H3. The van der Waals surface area contributed by atoms with Crippen molar-refractivity contribution in [2.45, 2.75) is 38.6 Å². The zero-order chi connectivity index (χ0) is 12.8. The van der Waals surface area contributed by atoms with Crippen molar-refractivity contribution < 1.29 is 0 Å². The molecule has 0 atom stereocenters. The van der Waals surface area contributed by atoms with Crippen LogP contribution >= 0.6 is 0 Å². The summed E-state index contributed by atoms with van der Waals surface area (Å²) in [4.78, 5) is 2.37. The molecule has 1 aromatic carbocycles. The molecule has 1 aliphatic carbocycles. The van der Waals surface area contributed by atoms with Gasteiger partial charge >= 0.3 is 0 Å². The van der Waals surface area contributed by atoms with Crippen LogP contribution in [-0.2, 0) is 6.54 Å². The first-order chi connectivity index (χ1) is 8.79. The third-order valence-electron chi connectivity index (χ3n) is 3.87. The summed E-state index contributed by atoms with van der Waals surface area (Å²) in [5.41, 5.74) is 1.96. The van der Waals surface area contributed by atoms with Crippen molar-refractivity contribution in [2.75, 3.05) is 13.6 Å². The van der Waals surface area contributed by atoms with Gasteiger partial charge in [-0.2, -0.15) is 5.26 Å². The number of hydrogen-bond donors (Lipinski definition) is 0. The van der Waals surface area contributed by atoms with Crippen LogP contribution in [0.2, 0.25) is 0 Å². The molecule has 0 heterocycles. The van der Waals surface area contributed by atoms with Gasteiger partial charge in [-0.3, -0.25) is 0 Å². The predicted octanol–water partition coefficient (Wildman–Crippen LogP) is 3.57. The first-order valence-electron chi connectivity index (χ1n) is 6.96. The molecule has 1 aliphatic rings. The van der Waals surface area contributed by atoms with E-state index in [4.69, 9.17) is 5.26 Å². The van der Waals surface area contributed by atoms with Crippen LogP contribution in [0.15, 0.2) is 24.3 Å². The lowest BCUT2D eigenvalue weighted by Gasteiger charge is -2.27. The normalized spacial score (nSPS) is 16.7.